The number of hydrogen-bond acceptors (Lipinski definition) is 4. The summed E-state index contributed by atoms with van der Waals surface area (Å²) in [6, 6.07) is 9.05. The van der Waals surface area contributed by atoms with Crippen molar-refractivity contribution in [1.82, 2.24) is 9.80 Å². The summed E-state index contributed by atoms with van der Waals surface area (Å²) in [5.74, 6) is 0.242. The molecule has 3 aliphatic rings. The van der Waals surface area contributed by atoms with Crippen molar-refractivity contribution in [3.05, 3.63) is 41.6 Å². The van der Waals surface area contributed by atoms with Crippen LogP contribution >= 0.6 is 0 Å². The molecule has 0 aromatic heterocycles. The summed E-state index contributed by atoms with van der Waals surface area (Å²) < 4.78 is 0. The molecular formula is C23H33N3O. The predicted molar refractivity (Wildman–Crippen MR) is 111 cm³/mol. The summed E-state index contributed by atoms with van der Waals surface area (Å²) in [7, 11) is 2.08. The molecule has 4 rings (SSSR count). The number of para-hydroxylation sites is 1. The van der Waals surface area contributed by atoms with Crippen LogP contribution in [0, 0.1) is 0 Å². The fourth-order valence-electron chi connectivity index (χ4n) is 5.23. The van der Waals surface area contributed by atoms with E-state index in [1.165, 1.54) is 50.0 Å². The van der Waals surface area contributed by atoms with Gasteiger partial charge in [0, 0.05) is 42.5 Å². The molecule has 2 fully saturated rings. The van der Waals surface area contributed by atoms with Gasteiger partial charge in [-0.3, -0.25) is 9.69 Å². The second-order valence-corrected chi connectivity index (χ2v) is 8.97. The van der Waals surface area contributed by atoms with Crippen LogP contribution in [-0.4, -0.2) is 61.4 Å². The molecule has 0 spiro atoms. The maximum absolute atomic E-state index is 13.0. The lowest BCUT2D eigenvalue weighted by Gasteiger charge is -2.28. The number of ketones is 1. The van der Waals surface area contributed by atoms with Crippen molar-refractivity contribution in [1.29, 1.82) is 0 Å². The molecule has 1 aromatic carbocycles. The Bertz CT molecular complexity index is 733. The molecule has 146 valence electrons. The standard InChI is InChI=1S/C23H33N3O/c1-23(2)20-10-4-5-11-21(20)24(3)22(23)15-19(27)17-26-14-8-9-18(26)16-25-12-6-7-13-25/h4-5,10-11,15,18H,6-9,12-14,16-17H2,1-3H3/b22-15-. The second kappa shape index (κ2) is 7.40. The van der Waals surface area contributed by atoms with E-state index in [1.807, 2.05) is 6.08 Å². The number of allylic oxidation sites excluding steroid dienone is 1. The van der Waals surface area contributed by atoms with Crippen LogP contribution in [0.5, 0.6) is 0 Å². The predicted octanol–water partition coefficient (Wildman–Crippen LogP) is 3.43. The van der Waals surface area contributed by atoms with Crippen molar-refractivity contribution in [3.63, 3.8) is 0 Å². The molecule has 0 N–H and O–H groups in total. The maximum Gasteiger partial charge on any atom is 0.171 e. The number of hydrogen-bond donors (Lipinski definition) is 0. The van der Waals surface area contributed by atoms with E-state index >= 15 is 0 Å². The first-order valence-corrected chi connectivity index (χ1v) is 10.5. The van der Waals surface area contributed by atoms with Crippen LogP contribution < -0.4 is 4.90 Å². The van der Waals surface area contributed by atoms with E-state index in [0.717, 1.165) is 18.8 Å². The zero-order valence-electron chi connectivity index (χ0n) is 17.1. The molecule has 3 heterocycles. The van der Waals surface area contributed by atoms with Gasteiger partial charge in [-0.2, -0.15) is 0 Å². The van der Waals surface area contributed by atoms with Crippen LogP contribution in [0.2, 0.25) is 0 Å². The Kier molecular flexibility index (Phi) is 5.13. The van der Waals surface area contributed by atoms with Crippen LogP contribution in [-0.2, 0) is 10.2 Å². The van der Waals surface area contributed by atoms with Crippen molar-refractivity contribution >= 4 is 11.5 Å². The number of carbonyl (C=O) groups excluding carboxylic acids is 1. The Morgan fingerprint density at radius 2 is 1.89 bits per heavy atom. The average Bonchev–Trinajstić information content (AvgIpc) is 3.35. The van der Waals surface area contributed by atoms with Crippen molar-refractivity contribution in [2.24, 2.45) is 0 Å². The fourth-order valence-corrected chi connectivity index (χ4v) is 5.23. The van der Waals surface area contributed by atoms with Gasteiger partial charge in [0.2, 0.25) is 0 Å². The number of benzene rings is 1. The Labute approximate surface area is 163 Å². The molecule has 2 saturated heterocycles. The number of anilines is 1. The highest BCUT2D eigenvalue weighted by atomic mass is 16.1. The van der Waals surface area contributed by atoms with Gasteiger partial charge in [0.1, 0.15) is 0 Å². The summed E-state index contributed by atoms with van der Waals surface area (Å²) in [5.41, 5.74) is 3.51. The number of likely N-dealkylation sites (N-methyl/N-ethyl adjacent to an activating group) is 1. The highest BCUT2D eigenvalue weighted by Crippen LogP contribution is 2.46. The molecule has 27 heavy (non-hydrogen) atoms. The monoisotopic (exact) mass is 367 g/mol. The largest absolute Gasteiger partial charge is 0.347 e. The van der Waals surface area contributed by atoms with E-state index < -0.39 is 0 Å². The van der Waals surface area contributed by atoms with Gasteiger partial charge in [-0.15, -0.1) is 0 Å². The van der Waals surface area contributed by atoms with Crippen LogP contribution in [0.4, 0.5) is 5.69 Å². The van der Waals surface area contributed by atoms with E-state index in [4.69, 9.17) is 0 Å². The summed E-state index contributed by atoms with van der Waals surface area (Å²) in [4.78, 5) is 20.2. The van der Waals surface area contributed by atoms with Gasteiger partial charge >= 0.3 is 0 Å². The average molecular weight is 368 g/mol. The molecule has 0 saturated carbocycles. The summed E-state index contributed by atoms with van der Waals surface area (Å²) in [6.07, 6.45) is 7.03. The lowest BCUT2D eigenvalue weighted by molar-refractivity contribution is -0.116. The molecule has 4 nitrogen and oxygen atoms in total. The van der Waals surface area contributed by atoms with Gasteiger partial charge in [-0.05, 0) is 56.9 Å². The van der Waals surface area contributed by atoms with E-state index in [2.05, 4.69) is 59.9 Å². The molecule has 0 aliphatic carbocycles. The lowest BCUT2D eigenvalue weighted by atomic mass is 9.83. The molecule has 4 heteroatoms. The van der Waals surface area contributed by atoms with E-state index in [-0.39, 0.29) is 11.2 Å². The third kappa shape index (κ3) is 3.57. The van der Waals surface area contributed by atoms with Gasteiger partial charge in [0.25, 0.3) is 0 Å². The molecule has 0 bridgehead atoms. The Hall–Kier alpha value is -1.65. The molecule has 1 atom stereocenters. The zero-order valence-corrected chi connectivity index (χ0v) is 17.1. The zero-order chi connectivity index (χ0) is 19.0. The molecular weight excluding hydrogens is 334 g/mol. The minimum atomic E-state index is -0.124. The number of nitrogens with zero attached hydrogens (tertiary/aromatic N) is 3. The number of rotatable bonds is 5. The fraction of sp³-hybridized carbons (Fsp3) is 0.609. The Morgan fingerprint density at radius 1 is 1.15 bits per heavy atom. The first kappa shape index (κ1) is 18.7. The summed E-state index contributed by atoms with van der Waals surface area (Å²) >= 11 is 0. The molecule has 0 amide bonds. The minimum Gasteiger partial charge on any atom is -0.347 e. The quantitative estimate of drug-likeness (QED) is 0.745. The van der Waals surface area contributed by atoms with Gasteiger partial charge in [0.15, 0.2) is 5.78 Å². The third-order valence-corrected chi connectivity index (χ3v) is 6.76. The second-order valence-electron chi connectivity index (χ2n) is 8.97. The van der Waals surface area contributed by atoms with Gasteiger partial charge in [-0.1, -0.05) is 32.0 Å². The first-order chi connectivity index (χ1) is 13.0. The van der Waals surface area contributed by atoms with Gasteiger partial charge in [-0.25, -0.2) is 0 Å². The maximum atomic E-state index is 13.0. The van der Waals surface area contributed by atoms with Crippen molar-refractivity contribution in [2.45, 2.75) is 51.0 Å². The molecule has 0 radical (unpaired) electrons. The highest BCUT2D eigenvalue weighted by molar-refractivity contribution is 5.94. The third-order valence-electron chi connectivity index (χ3n) is 6.76. The van der Waals surface area contributed by atoms with Crippen molar-refractivity contribution < 1.29 is 4.79 Å². The summed E-state index contributed by atoms with van der Waals surface area (Å²) in [6.45, 7) is 9.68. The molecule has 3 aliphatic heterocycles. The number of likely N-dealkylation sites (tertiary alicyclic amines) is 2. The Balaban J connectivity index is 1.45. The smallest absolute Gasteiger partial charge is 0.171 e. The molecule has 1 unspecified atom stereocenters. The molecule has 1 aromatic rings. The van der Waals surface area contributed by atoms with Gasteiger partial charge in [0.05, 0.1) is 6.54 Å². The summed E-state index contributed by atoms with van der Waals surface area (Å²) in [5, 5.41) is 0. The highest BCUT2D eigenvalue weighted by Gasteiger charge is 2.38. The Morgan fingerprint density at radius 3 is 2.63 bits per heavy atom. The van der Waals surface area contributed by atoms with E-state index in [9.17, 15) is 4.79 Å². The van der Waals surface area contributed by atoms with Crippen LogP contribution in [0.15, 0.2) is 36.0 Å². The van der Waals surface area contributed by atoms with Crippen LogP contribution in [0.25, 0.3) is 0 Å². The minimum absolute atomic E-state index is 0.124. The number of carbonyl (C=O) groups is 1. The van der Waals surface area contributed by atoms with Gasteiger partial charge < -0.3 is 9.80 Å². The van der Waals surface area contributed by atoms with Crippen molar-refractivity contribution in [3.8, 4) is 0 Å². The topological polar surface area (TPSA) is 26.8 Å². The normalized spacial score (nSPS) is 26.9. The number of fused-ring (bicyclic) bond motifs is 1. The first-order valence-electron chi connectivity index (χ1n) is 10.5. The van der Waals surface area contributed by atoms with E-state index in [0.29, 0.717) is 12.6 Å². The van der Waals surface area contributed by atoms with E-state index in [1.54, 1.807) is 0 Å². The SMILES string of the molecule is CN1/C(=C\C(=O)CN2CCCC2CN2CCCC2)C(C)(C)c2ccccc21. The lowest BCUT2D eigenvalue weighted by Crippen LogP contribution is -2.41. The van der Waals surface area contributed by atoms with Crippen LogP contribution in [0.1, 0.15) is 45.1 Å². The van der Waals surface area contributed by atoms with Crippen LogP contribution in [0.3, 0.4) is 0 Å². The van der Waals surface area contributed by atoms with Crippen molar-refractivity contribution in [2.75, 3.05) is 44.7 Å².